The van der Waals surface area contributed by atoms with Gasteiger partial charge in [0, 0.05) is 12.4 Å². The maximum absolute atomic E-state index is 11.6. The van der Waals surface area contributed by atoms with Gasteiger partial charge in [0.25, 0.3) is 0 Å². The summed E-state index contributed by atoms with van der Waals surface area (Å²) in [4.78, 5) is 15.5. The van der Waals surface area contributed by atoms with Gasteiger partial charge in [-0.25, -0.2) is 4.79 Å². The fourth-order valence-electron chi connectivity index (χ4n) is 2.38. The molecule has 0 spiro atoms. The number of rotatable bonds is 4. The highest BCUT2D eigenvalue weighted by molar-refractivity contribution is 6.44. The summed E-state index contributed by atoms with van der Waals surface area (Å²) in [6, 6.07) is 6.98. The molecular formula is C15H14BNO5. The van der Waals surface area contributed by atoms with Crippen LogP contribution in [0.1, 0.15) is 21.5 Å². The van der Waals surface area contributed by atoms with Gasteiger partial charge in [-0.3, -0.25) is 4.98 Å². The summed E-state index contributed by atoms with van der Waals surface area (Å²) in [5.41, 5.74) is 1.59. The molecular weight excluding hydrogens is 285 g/mol. The summed E-state index contributed by atoms with van der Waals surface area (Å²) >= 11 is 0. The van der Waals surface area contributed by atoms with Crippen LogP contribution in [0, 0.1) is 0 Å². The summed E-state index contributed by atoms with van der Waals surface area (Å²) in [6.45, 7) is 0.226. The first kappa shape index (κ1) is 14.4. The minimum Gasteiger partial charge on any atom is -0.535 e. The highest BCUT2D eigenvalue weighted by atomic mass is 16.5. The van der Waals surface area contributed by atoms with Crippen molar-refractivity contribution >= 4 is 13.1 Å². The molecule has 1 aliphatic rings. The maximum Gasteiger partial charge on any atom is 0.522 e. The zero-order valence-corrected chi connectivity index (χ0v) is 11.7. The molecule has 0 unspecified atom stereocenters. The first-order valence-corrected chi connectivity index (χ1v) is 6.91. The van der Waals surface area contributed by atoms with Crippen LogP contribution in [0.2, 0.25) is 6.32 Å². The van der Waals surface area contributed by atoms with Crippen LogP contribution in [0.5, 0.6) is 11.5 Å². The van der Waals surface area contributed by atoms with E-state index in [0.717, 1.165) is 11.1 Å². The van der Waals surface area contributed by atoms with Crippen LogP contribution in [0.15, 0.2) is 36.7 Å². The number of benzene rings is 1. The molecule has 0 amide bonds. The van der Waals surface area contributed by atoms with E-state index in [1.54, 1.807) is 36.7 Å². The fraction of sp³-hybridized carbons (Fsp3) is 0.200. The zero-order chi connectivity index (χ0) is 15.5. The van der Waals surface area contributed by atoms with Crippen LogP contribution in [0.25, 0.3) is 0 Å². The van der Waals surface area contributed by atoms with Crippen LogP contribution < -0.4 is 9.39 Å². The first-order valence-electron chi connectivity index (χ1n) is 6.91. The Morgan fingerprint density at radius 3 is 2.82 bits per heavy atom. The van der Waals surface area contributed by atoms with E-state index in [1.165, 1.54) is 0 Å². The van der Waals surface area contributed by atoms with E-state index < -0.39 is 13.1 Å². The molecule has 2 heterocycles. The van der Waals surface area contributed by atoms with E-state index in [2.05, 4.69) is 4.98 Å². The number of fused-ring (bicyclic) bond motifs is 1. The SMILES string of the molecule is O=C(O)c1c(OCc2ccncc2)ccc2c1OB(O)CC2. The van der Waals surface area contributed by atoms with E-state index in [0.29, 0.717) is 12.7 Å². The molecule has 1 aliphatic heterocycles. The van der Waals surface area contributed by atoms with Crippen LogP contribution in [-0.4, -0.2) is 28.2 Å². The third-order valence-corrected chi connectivity index (χ3v) is 3.47. The van der Waals surface area contributed by atoms with Gasteiger partial charge in [-0.15, -0.1) is 0 Å². The highest BCUT2D eigenvalue weighted by Crippen LogP contribution is 2.36. The molecule has 112 valence electrons. The Kier molecular flexibility index (Phi) is 3.97. The quantitative estimate of drug-likeness (QED) is 0.836. The van der Waals surface area contributed by atoms with Crippen molar-refractivity contribution in [1.29, 1.82) is 0 Å². The summed E-state index contributed by atoms with van der Waals surface area (Å²) in [5.74, 6) is -0.730. The van der Waals surface area contributed by atoms with Gasteiger partial charge in [0.1, 0.15) is 23.7 Å². The molecule has 0 fully saturated rings. The van der Waals surface area contributed by atoms with E-state index in [4.69, 9.17) is 9.39 Å². The molecule has 22 heavy (non-hydrogen) atoms. The molecule has 0 bridgehead atoms. The van der Waals surface area contributed by atoms with Crippen molar-refractivity contribution in [3.63, 3.8) is 0 Å². The van der Waals surface area contributed by atoms with Crippen molar-refractivity contribution in [2.24, 2.45) is 0 Å². The Bertz CT molecular complexity index is 692. The van der Waals surface area contributed by atoms with Crippen molar-refractivity contribution in [2.75, 3.05) is 0 Å². The standard InChI is InChI=1S/C15H14BNO5/c18-15(19)13-12(21-9-10-4-7-17-8-5-10)2-1-11-3-6-16(20)22-14(11)13/h1-2,4-5,7-8,20H,3,6,9H2,(H,18,19). The number of carbonyl (C=O) groups is 1. The monoisotopic (exact) mass is 299 g/mol. The lowest BCUT2D eigenvalue weighted by atomic mass is 9.78. The number of aromatic nitrogens is 1. The molecule has 1 aromatic heterocycles. The number of aryl methyl sites for hydroxylation is 1. The van der Waals surface area contributed by atoms with Crippen LogP contribution in [0.3, 0.4) is 0 Å². The molecule has 1 aromatic carbocycles. The fourth-order valence-corrected chi connectivity index (χ4v) is 2.38. The minimum absolute atomic E-state index is 0.0506. The molecule has 7 heteroatoms. The lowest BCUT2D eigenvalue weighted by molar-refractivity contribution is 0.0689. The number of ether oxygens (including phenoxy) is 1. The average molecular weight is 299 g/mol. The maximum atomic E-state index is 11.6. The Balaban J connectivity index is 1.91. The van der Waals surface area contributed by atoms with Crippen LogP contribution in [0.4, 0.5) is 0 Å². The smallest absolute Gasteiger partial charge is 0.522 e. The summed E-state index contributed by atoms with van der Waals surface area (Å²) in [7, 11) is -0.985. The molecule has 0 saturated heterocycles. The largest absolute Gasteiger partial charge is 0.535 e. The molecule has 0 atom stereocenters. The number of carboxylic acid groups (broad SMARTS) is 1. The number of nitrogens with zero attached hydrogens (tertiary/aromatic N) is 1. The summed E-state index contributed by atoms with van der Waals surface area (Å²) in [6.07, 6.45) is 4.30. The van der Waals surface area contributed by atoms with Gasteiger partial charge in [-0.2, -0.15) is 0 Å². The van der Waals surface area contributed by atoms with E-state index in [9.17, 15) is 14.9 Å². The lowest BCUT2D eigenvalue weighted by Crippen LogP contribution is -2.28. The van der Waals surface area contributed by atoms with Crippen LogP contribution in [-0.2, 0) is 13.0 Å². The van der Waals surface area contributed by atoms with Gasteiger partial charge in [0.15, 0.2) is 0 Å². The minimum atomic E-state index is -1.14. The Morgan fingerprint density at radius 1 is 1.32 bits per heavy atom. The zero-order valence-electron chi connectivity index (χ0n) is 11.7. The van der Waals surface area contributed by atoms with Crippen molar-refractivity contribution in [2.45, 2.75) is 19.3 Å². The van der Waals surface area contributed by atoms with Gasteiger partial charge in [-0.05, 0) is 42.1 Å². The topological polar surface area (TPSA) is 88.9 Å². The molecule has 0 radical (unpaired) electrons. The Morgan fingerprint density at radius 2 is 2.09 bits per heavy atom. The van der Waals surface area contributed by atoms with E-state index in [-0.39, 0.29) is 23.7 Å². The highest BCUT2D eigenvalue weighted by Gasteiger charge is 2.30. The number of aromatic carboxylic acids is 1. The van der Waals surface area contributed by atoms with Crippen molar-refractivity contribution < 1.29 is 24.3 Å². The summed E-state index contributed by atoms with van der Waals surface area (Å²) < 4.78 is 10.9. The van der Waals surface area contributed by atoms with Crippen molar-refractivity contribution in [3.05, 3.63) is 53.3 Å². The number of pyridine rings is 1. The predicted molar refractivity (Wildman–Crippen MR) is 79.1 cm³/mol. The second kappa shape index (κ2) is 6.07. The Hall–Kier alpha value is -2.54. The predicted octanol–water partition coefficient (Wildman–Crippen LogP) is 1.77. The van der Waals surface area contributed by atoms with E-state index in [1.807, 2.05) is 0 Å². The molecule has 6 nitrogen and oxygen atoms in total. The number of hydrogen-bond donors (Lipinski definition) is 2. The summed E-state index contributed by atoms with van der Waals surface area (Å²) in [5, 5.41) is 19.1. The second-order valence-electron chi connectivity index (χ2n) is 4.99. The van der Waals surface area contributed by atoms with Gasteiger partial charge < -0.3 is 19.5 Å². The molecule has 2 N–H and O–H groups in total. The lowest BCUT2D eigenvalue weighted by Gasteiger charge is -2.23. The average Bonchev–Trinajstić information content (AvgIpc) is 2.52. The van der Waals surface area contributed by atoms with Crippen molar-refractivity contribution in [1.82, 2.24) is 4.98 Å². The molecule has 0 aliphatic carbocycles. The third-order valence-electron chi connectivity index (χ3n) is 3.47. The van der Waals surface area contributed by atoms with Crippen molar-refractivity contribution in [3.8, 4) is 11.5 Å². The molecule has 3 rings (SSSR count). The van der Waals surface area contributed by atoms with Gasteiger partial charge >= 0.3 is 13.1 Å². The normalized spacial score (nSPS) is 13.2. The van der Waals surface area contributed by atoms with Gasteiger partial charge in [-0.1, -0.05) is 6.07 Å². The third kappa shape index (κ3) is 2.89. The number of carboxylic acids is 1. The number of hydrogen-bond acceptors (Lipinski definition) is 5. The van der Waals surface area contributed by atoms with Crippen LogP contribution >= 0.6 is 0 Å². The van der Waals surface area contributed by atoms with Gasteiger partial charge in [0.2, 0.25) is 0 Å². The van der Waals surface area contributed by atoms with Gasteiger partial charge in [0.05, 0.1) is 0 Å². The first-order chi connectivity index (χ1) is 10.6. The Labute approximate surface area is 127 Å². The molecule has 2 aromatic rings. The van der Waals surface area contributed by atoms with E-state index >= 15 is 0 Å². The second-order valence-corrected chi connectivity index (χ2v) is 4.99. The molecule has 0 saturated carbocycles.